The molecule has 0 bridgehead atoms. The number of hydrogen-bond donors (Lipinski definition) is 2. The minimum atomic E-state index is 0.254. The minimum absolute atomic E-state index is 0.254. The maximum atomic E-state index is 4.14. The van der Waals surface area contributed by atoms with E-state index in [9.17, 15) is 0 Å². The summed E-state index contributed by atoms with van der Waals surface area (Å²) >= 11 is 0. The summed E-state index contributed by atoms with van der Waals surface area (Å²) in [5.41, 5.74) is 0.254. The lowest BCUT2D eigenvalue weighted by molar-refractivity contribution is 0.215. The predicted octanol–water partition coefficient (Wildman–Crippen LogP) is 2.03. The molecule has 1 fully saturated rings. The van der Waals surface area contributed by atoms with Gasteiger partial charge in [-0.3, -0.25) is 0 Å². The topological polar surface area (TPSA) is 41.9 Å². The molecule has 0 radical (unpaired) electrons. The van der Waals surface area contributed by atoms with E-state index in [1.165, 1.54) is 25.8 Å². The normalized spacial score (nSPS) is 23.0. The molecule has 0 amide bonds. The SMILES string of the molecule is CC(C)(C)C(Cn1ccnc1)NC1CCCNCC1. The lowest BCUT2D eigenvalue weighted by atomic mass is 9.85. The van der Waals surface area contributed by atoms with Crippen LogP contribution in [0.1, 0.15) is 40.0 Å². The fourth-order valence-electron chi connectivity index (χ4n) is 2.65. The molecule has 2 rings (SSSR count). The number of nitrogens with one attached hydrogen (secondary N) is 2. The molecule has 1 aromatic rings. The third-order valence-electron chi connectivity index (χ3n) is 4.01. The highest BCUT2D eigenvalue weighted by Crippen LogP contribution is 2.22. The van der Waals surface area contributed by atoms with Crippen molar-refractivity contribution in [2.75, 3.05) is 13.1 Å². The van der Waals surface area contributed by atoms with Crippen LogP contribution in [0.3, 0.4) is 0 Å². The molecule has 1 aliphatic rings. The van der Waals surface area contributed by atoms with Crippen molar-refractivity contribution in [1.29, 1.82) is 0 Å². The van der Waals surface area contributed by atoms with Gasteiger partial charge in [-0.05, 0) is 37.8 Å². The number of hydrogen-bond acceptors (Lipinski definition) is 3. The third-order valence-corrected chi connectivity index (χ3v) is 4.01. The van der Waals surface area contributed by atoms with Gasteiger partial charge in [-0.1, -0.05) is 20.8 Å². The van der Waals surface area contributed by atoms with Gasteiger partial charge in [-0.15, -0.1) is 0 Å². The summed E-state index contributed by atoms with van der Waals surface area (Å²) in [6.07, 6.45) is 9.61. The van der Waals surface area contributed by atoms with Crippen LogP contribution < -0.4 is 10.6 Å². The Bertz CT molecular complexity index is 345. The molecular formula is C15H28N4. The van der Waals surface area contributed by atoms with Crippen molar-refractivity contribution in [3.63, 3.8) is 0 Å². The Balaban J connectivity index is 1.97. The molecule has 2 atom stereocenters. The van der Waals surface area contributed by atoms with Gasteiger partial charge in [0.15, 0.2) is 0 Å². The van der Waals surface area contributed by atoms with Crippen LogP contribution in [0, 0.1) is 5.41 Å². The van der Waals surface area contributed by atoms with Gasteiger partial charge in [-0.25, -0.2) is 4.98 Å². The molecule has 0 saturated carbocycles. The predicted molar refractivity (Wildman–Crippen MR) is 79.1 cm³/mol. The van der Waals surface area contributed by atoms with E-state index in [0.29, 0.717) is 12.1 Å². The molecule has 2 N–H and O–H groups in total. The fourth-order valence-corrected chi connectivity index (χ4v) is 2.65. The zero-order valence-corrected chi connectivity index (χ0v) is 12.5. The molecule has 1 aromatic heterocycles. The zero-order chi connectivity index (χ0) is 13.7. The molecule has 4 nitrogen and oxygen atoms in total. The van der Waals surface area contributed by atoms with E-state index in [4.69, 9.17) is 0 Å². The smallest absolute Gasteiger partial charge is 0.0946 e. The highest BCUT2D eigenvalue weighted by Gasteiger charge is 2.27. The Morgan fingerprint density at radius 1 is 1.37 bits per heavy atom. The molecule has 0 aliphatic carbocycles. The van der Waals surface area contributed by atoms with Crippen molar-refractivity contribution >= 4 is 0 Å². The minimum Gasteiger partial charge on any atom is -0.336 e. The van der Waals surface area contributed by atoms with E-state index >= 15 is 0 Å². The lowest BCUT2D eigenvalue weighted by Crippen LogP contribution is -2.48. The van der Waals surface area contributed by atoms with Crippen molar-refractivity contribution < 1.29 is 0 Å². The van der Waals surface area contributed by atoms with E-state index < -0.39 is 0 Å². The van der Waals surface area contributed by atoms with Crippen LogP contribution in [0.25, 0.3) is 0 Å². The molecular weight excluding hydrogens is 236 g/mol. The van der Waals surface area contributed by atoms with Crippen LogP contribution in [-0.4, -0.2) is 34.7 Å². The number of aromatic nitrogens is 2. The lowest BCUT2D eigenvalue weighted by Gasteiger charge is -2.35. The van der Waals surface area contributed by atoms with Crippen LogP contribution >= 0.6 is 0 Å². The molecule has 19 heavy (non-hydrogen) atoms. The molecule has 1 saturated heterocycles. The van der Waals surface area contributed by atoms with E-state index in [0.717, 1.165) is 13.1 Å². The summed E-state index contributed by atoms with van der Waals surface area (Å²) < 4.78 is 2.18. The van der Waals surface area contributed by atoms with Gasteiger partial charge in [0, 0.05) is 31.0 Å². The van der Waals surface area contributed by atoms with Gasteiger partial charge in [0.05, 0.1) is 6.33 Å². The van der Waals surface area contributed by atoms with E-state index in [1.54, 1.807) is 0 Å². The highest BCUT2D eigenvalue weighted by atomic mass is 15.1. The summed E-state index contributed by atoms with van der Waals surface area (Å²) in [4.78, 5) is 4.14. The number of rotatable bonds is 4. The van der Waals surface area contributed by atoms with Crippen LogP contribution in [0.2, 0.25) is 0 Å². The van der Waals surface area contributed by atoms with Gasteiger partial charge in [0.1, 0.15) is 0 Å². The van der Waals surface area contributed by atoms with Gasteiger partial charge in [0.2, 0.25) is 0 Å². The van der Waals surface area contributed by atoms with Gasteiger partial charge < -0.3 is 15.2 Å². The van der Waals surface area contributed by atoms with E-state index in [-0.39, 0.29) is 5.41 Å². The van der Waals surface area contributed by atoms with Gasteiger partial charge >= 0.3 is 0 Å². The van der Waals surface area contributed by atoms with Crippen molar-refractivity contribution in [1.82, 2.24) is 20.2 Å². The first-order chi connectivity index (χ1) is 9.05. The Hall–Kier alpha value is -0.870. The second-order valence-electron chi connectivity index (χ2n) is 6.72. The molecule has 0 aromatic carbocycles. The van der Waals surface area contributed by atoms with E-state index in [1.807, 2.05) is 12.5 Å². The summed E-state index contributed by atoms with van der Waals surface area (Å²) in [5, 5.41) is 7.37. The largest absolute Gasteiger partial charge is 0.336 e. The molecule has 1 aliphatic heterocycles. The Labute approximate surface area is 117 Å². The highest BCUT2D eigenvalue weighted by molar-refractivity contribution is 4.87. The quantitative estimate of drug-likeness (QED) is 0.874. The monoisotopic (exact) mass is 264 g/mol. The summed E-state index contributed by atoms with van der Waals surface area (Å²) in [7, 11) is 0. The first-order valence-corrected chi connectivity index (χ1v) is 7.48. The van der Waals surface area contributed by atoms with Crippen molar-refractivity contribution in [3.8, 4) is 0 Å². The zero-order valence-electron chi connectivity index (χ0n) is 12.5. The maximum absolute atomic E-state index is 4.14. The first kappa shape index (κ1) is 14.5. The summed E-state index contributed by atoms with van der Waals surface area (Å²) in [6, 6.07) is 1.12. The second-order valence-corrected chi connectivity index (χ2v) is 6.72. The molecule has 2 heterocycles. The van der Waals surface area contributed by atoms with Gasteiger partial charge in [-0.2, -0.15) is 0 Å². The van der Waals surface area contributed by atoms with Gasteiger partial charge in [0.25, 0.3) is 0 Å². The molecule has 2 unspecified atom stereocenters. The third kappa shape index (κ3) is 4.62. The standard InChI is InChI=1S/C15H28N4/c1-15(2,3)14(11-19-10-9-17-12-19)18-13-5-4-7-16-8-6-13/h9-10,12-14,16,18H,4-8,11H2,1-3H3. The molecule has 108 valence electrons. The first-order valence-electron chi connectivity index (χ1n) is 7.48. The average molecular weight is 264 g/mol. The average Bonchev–Trinajstić information content (AvgIpc) is 2.70. The summed E-state index contributed by atoms with van der Waals surface area (Å²) in [6.45, 7) is 10.2. The number of nitrogens with zero attached hydrogens (tertiary/aromatic N) is 2. The molecule has 0 spiro atoms. The second kappa shape index (κ2) is 6.53. The van der Waals surface area contributed by atoms with E-state index in [2.05, 4.69) is 47.2 Å². The Morgan fingerprint density at radius 2 is 2.21 bits per heavy atom. The summed E-state index contributed by atoms with van der Waals surface area (Å²) in [5.74, 6) is 0. The van der Waals surface area contributed by atoms with Crippen LogP contribution in [-0.2, 0) is 6.54 Å². The van der Waals surface area contributed by atoms with Crippen molar-refractivity contribution in [2.24, 2.45) is 5.41 Å². The Morgan fingerprint density at radius 3 is 2.89 bits per heavy atom. The van der Waals surface area contributed by atoms with Crippen molar-refractivity contribution in [2.45, 2.75) is 58.7 Å². The number of imidazole rings is 1. The maximum Gasteiger partial charge on any atom is 0.0946 e. The van der Waals surface area contributed by atoms with Crippen molar-refractivity contribution in [3.05, 3.63) is 18.7 Å². The molecule has 4 heteroatoms. The van der Waals surface area contributed by atoms with Crippen LogP contribution in [0.15, 0.2) is 18.7 Å². The fraction of sp³-hybridized carbons (Fsp3) is 0.800. The Kier molecular flexibility index (Phi) is 4.99. The van der Waals surface area contributed by atoms with Crippen LogP contribution in [0.5, 0.6) is 0 Å². The van der Waals surface area contributed by atoms with Crippen LogP contribution in [0.4, 0.5) is 0 Å².